The standard InChI is InChI=1S/C15H19Cl2FN2.2ClH/c16-11-3-4-12(18)14(15(11)17)13(9-10-1-2-10)20-7-5-19-6-8-20;;/h3-4,10,13,19H,1-2,5-9H2;2*1H/t13-;;/m1../s1. The molecule has 2 fully saturated rings. The van der Waals surface area contributed by atoms with Crippen LogP contribution in [-0.4, -0.2) is 31.1 Å². The van der Waals surface area contributed by atoms with Crippen molar-refractivity contribution in [3.63, 3.8) is 0 Å². The fourth-order valence-electron chi connectivity index (χ4n) is 2.96. The van der Waals surface area contributed by atoms with Crippen molar-refractivity contribution < 1.29 is 4.39 Å². The molecule has 7 heteroatoms. The summed E-state index contributed by atoms with van der Waals surface area (Å²) in [6.07, 6.45) is 3.49. The van der Waals surface area contributed by atoms with E-state index in [4.69, 9.17) is 23.2 Å². The molecule has 0 radical (unpaired) electrons. The number of hydrogen-bond donors (Lipinski definition) is 1. The lowest BCUT2D eigenvalue weighted by molar-refractivity contribution is 0.157. The fraction of sp³-hybridized carbons (Fsp3) is 0.600. The van der Waals surface area contributed by atoms with Gasteiger partial charge in [-0.3, -0.25) is 4.90 Å². The van der Waals surface area contributed by atoms with Crippen molar-refractivity contribution in [3.8, 4) is 0 Å². The molecule has 0 amide bonds. The van der Waals surface area contributed by atoms with Gasteiger partial charge in [0.05, 0.1) is 10.0 Å². The second-order valence-corrected chi connectivity index (χ2v) is 6.52. The zero-order valence-corrected chi connectivity index (χ0v) is 15.3. The molecular formula is C15H21Cl4FN2. The predicted octanol–water partition coefficient (Wildman–Crippen LogP) is 4.72. The monoisotopic (exact) mass is 388 g/mol. The second-order valence-electron chi connectivity index (χ2n) is 5.74. The average Bonchev–Trinajstić information content (AvgIpc) is 3.27. The van der Waals surface area contributed by atoms with Crippen molar-refractivity contribution in [1.29, 1.82) is 0 Å². The van der Waals surface area contributed by atoms with E-state index in [1.807, 2.05) is 0 Å². The third-order valence-electron chi connectivity index (χ3n) is 4.26. The van der Waals surface area contributed by atoms with E-state index in [2.05, 4.69) is 10.2 Å². The molecule has 3 rings (SSSR count). The minimum Gasteiger partial charge on any atom is -0.314 e. The lowest BCUT2D eigenvalue weighted by Gasteiger charge is -2.36. The quantitative estimate of drug-likeness (QED) is 0.749. The van der Waals surface area contributed by atoms with E-state index in [-0.39, 0.29) is 36.7 Å². The first-order chi connectivity index (χ1) is 9.66. The van der Waals surface area contributed by atoms with Crippen LogP contribution in [-0.2, 0) is 0 Å². The van der Waals surface area contributed by atoms with Gasteiger partial charge in [0.1, 0.15) is 5.82 Å². The van der Waals surface area contributed by atoms with Crippen molar-refractivity contribution in [2.75, 3.05) is 26.2 Å². The molecule has 22 heavy (non-hydrogen) atoms. The number of nitrogens with one attached hydrogen (secondary N) is 1. The van der Waals surface area contributed by atoms with Gasteiger partial charge in [-0.25, -0.2) is 4.39 Å². The molecule has 1 heterocycles. The van der Waals surface area contributed by atoms with Gasteiger partial charge in [-0.2, -0.15) is 0 Å². The zero-order chi connectivity index (χ0) is 14.1. The second kappa shape index (κ2) is 8.91. The number of halogens is 5. The SMILES string of the molecule is Cl.Cl.Fc1ccc(Cl)c(Cl)c1[C@@H](CC1CC1)N1CCNCC1. The first kappa shape index (κ1) is 20.3. The molecule has 2 aliphatic rings. The Balaban J connectivity index is 0.00000121. The van der Waals surface area contributed by atoms with E-state index in [1.165, 1.54) is 25.0 Å². The number of benzene rings is 1. The van der Waals surface area contributed by atoms with Crippen molar-refractivity contribution in [3.05, 3.63) is 33.6 Å². The van der Waals surface area contributed by atoms with Crippen LogP contribution in [0.15, 0.2) is 12.1 Å². The molecule has 1 aliphatic carbocycles. The maximum atomic E-state index is 14.3. The molecule has 1 saturated heterocycles. The molecule has 0 spiro atoms. The van der Waals surface area contributed by atoms with Crippen molar-refractivity contribution in [1.82, 2.24) is 10.2 Å². The van der Waals surface area contributed by atoms with Gasteiger partial charge in [-0.1, -0.05) is 36.0 Å². The molecule has 1 aromatic carbocycles. The number of piperazine rings is 1. The molecule has 126 valence electrons. The summed E-state index contributed by atoms with van der Waals surface area (Å²) in [6, 6.07) is 3.02. The van der Waals surface area contributed by atoms with Crippen LogP contribution in [0.25, 0.3) is 0 Å². The van der Waals surface area contributed by atoms with E-state index in [0.29, 0.717) is 21.5 Å². The van der Waals surface area contributed by atoms with Gasteiger partial charge in [0.2, 0.25) is 0 Å². The van der Waals surface area contributed by atoms with Crippen molar-refractivity contribution >= 4 is 48.0 Å². The van der Waals surface area contributed by atoms with E-state index in [1.54, 1.807) is 0 Å². The van der Waals surface area contributed by atoms with Crippen LogP contribution in [0.5, 0.6) is 0 Å². The summed E-state index contributed by atoms with van der Waals surface area (Å²) in [5, 5.41) is 4.16. The van der Waals surface area contributed by atoms with Crippen molar-refractivity contribution in [2.24, 2.45) is 5.92 Å². The summed E-state index contributed by atoms with van der Waals surface area (Å²) in [6.45, 7) is 3.75. The Morgan fingerprint density at radius 2 is 1.82 bits per heavy atom. The third kappa shape index (κ3) is 4.62. The van der Waals surface area contributed by atoms with Crippen LogP contribution in [0.2, 0.25) is 10.0 Å². The maximum absolute atomic E-state index is 14.3. The molecule has 1 atom stereocenters. The summed E-state index contributed by atoms with van der Waals surface area (Å²) in [5.41, 5.74) is 0.591. The van der Waals surface area contributed by atoms with Crippen LogP contribution in [0, 0.1) is 11.7 Å². The van der Waals surface area contributed by atoms with E-state index < -0.39 is 0 Å². The minimum atomic E-state index is -0.233. The first-order valence-corrected chi connectivity index (χ1v) is 8.00. The van der Waals surface area contributed by atoms with Gasteiger partial charge in [-0.15, -0.1) is 24.8 Å². The van der Waals surface area contributed by atoms with E-state index >= 15 is 0 Å². The van der Waals surface area contributed by atoms with Gasteiger partial charge in [0, 0.05) is 37.8 Å². The highest BCUT2D eigenvalue weighted by molar-refractivity contribution is 6.42. The van der Waals surface area contributed by atoms with Gasteiger partial charge < -0.3 is 5.32 Å². The topological polar surface area (TPSA) is 15.3 Å². The van der Waals surface area contributed by atoms with Crippen LogP contribution < -0.4 is 5.32 Å². The van der Waals surface area contributed by atoms with Gasteiger partial charge in [0.15, 0.2) is 0 Å². The Morgan fingerprint density at radius 1 is 1.18 bits per heavy atom. The van der Waals surface area contributed by atoms with Crippen LogP contribution in [0.1, 0.15) is 30.9 Å². The third-order valence-corrected chi connectivity index (χ3v) is 5.08. The molecular weight excluding hydrogens is 369 g/mol. The highest BCUT2D eigenvalue weighted by Crippen LogP contribution is 2.43. The van der Waals surface area contributed by atoms with Gasteiger partial charge >= 0.3 is 0 Å². The normalized spacial score (nSPS) is 20.0. The van der Waals surface area contributed by atoms with Crippen molar-refractivity contribution in [2.45, 2.75) is 25.3 Å². The Hall–Kier alpha value is 0.230. The Bertz CT molecular complexity index is 491. The summed E-state index contributed by atoms with van der Waals surface area (Å²) >= 11 is 12.4. The molecule has 1 aromatic rings. The molecule has 0 unspecified atom stereocenters. The fourth-order valence-corrected chi connectivity index (χ4v) is 3.40. The molecule has 1 saturated carbocycles. The van der Waals surface area contributed by atoms with Crippen LogP contribution in [0.3, 0.4) is 0 Å². The molecule has 1 aliphatic heterocycles. The first-order valence-electron chi connectivity index (χ1n) is 7.25. The summed E-state index contributed by atoms with van der Waals surface area (Å²) in [4.78, 5) is 2.34. The Morgan fingerprint density at radius 3 is 2.41 bits per heavy atom. The molecule has 1 N–H and O–H groups in total. The lowest BCUT2D eigenvalue weighted by atomic mass is 9.98. The number of nitrogens with zero attached hydrogens (tertiary/aromatic N) is 1. The predicted molar refractivity (Wildman–Crippen MR) is 95.4 cm³/mol. The summed E-state index contributed by atoms with van der Waals surface area (Å²) in [7, 11) is 0. The number of rotatable bonds is 4. The van der Waals surface area contributed by atoms with E-state index in [9.17, 15) is 4.39 Å². The minimum absolute atomic E-state index is 0. The Kier molecular flexibility index (Phi) is 8.21. The zero-order valence-electron chi connectivity index (χ0n) is 12.2. The smallest absolute Gasteiger partial charge is 0.129 e. The van der Waals surface area contributed by atoms with Gasteiger partial charge in [-0.05, 0) is 24.5 Å². The summed E-state index contributed by atoms with van der Waals surface area (Å²) < 4.78 is 14.3. The highest BCUT2D eigenvalue weighted by Gasteiger charge is 2.33. The van der Waals surface area contributed by atoms with Crippen LogP contribution in [0.4, 0.5) is 4.39 Å². The highest BCUT2D eigenvalue weighted by atomic mass is 35.5. The average molecular weight is 390 g/mol. The summed E-state index contributed by atoms with van der Waals surface area (Å²) in [5.74, 6) is 0.480. The van der Waals surface area contributed by atoms with Crippen LogP contribution >= 0.6 is 48.0 Å². The molecule has 0 bridgehead atoms. The number of hydrogen-bond acceptors (Lipinski definition) is 2. The van der Waals surface area contributed by atoms with E-state index in [0.717, 1.165) is 32.6 Å². The molecule has 2 nitrogen and oxygen atoms in total. The van der Waals surface area contributed by atoms with Gasteiger partial charge in [0.25, 0.3) is 0 Å². The maximum Gasteiger partial charge on any atom is 0.129 e. The largest absolute Gasteiger partial charge is 0.314 e. The molecule has 0 aromatic heterocycles. The lowest BCUT2D eigenvalue weighted by Crippen LogP contribution is -2.45. The Labute approximate surface area is 153 Å².